The smallest absolute Gasteiger partial charge is 0.240 e. The van der Waals surface area contributed by atoms with E-state index in [-0.39, 0.29) is 6.04 Å². The van der Waals surface area contributed by atoms with E-state index < -0.39 is 10.0 Å². The van der Waals surface area contributed by atoms with Crippen LogP contribution in [0.4, 0.5) is 0 Å². The Bertz CT molecular complexity index is 537. The fraction of sp³-hybridized carbons (Fsp3) is 0.600. The molecule has 0 aromatic heterocycles. The maximum Gasteiger partial charge on any atom is 0.240 e. The second kappa shape index (κ2) is 7.20. The number of aryl methyl sites for hydroxylation is 1. The van der Waals surface area contributed by atoms with Gasteiger partial charge in [-0.2, -0.15) is 0 Å². The van der Waals surface area contributed by atoms with E-state index in [9.17, 15) is 8.42 Å². The van der Waals surface area contributed by atoms with Crippen molar-refractivity contribution in [1.82, 2.24) is 4.72 Å². The van der Waals surface area contributed by atoms with E-state index in [0.29, 0.717) is 17.4 Å². The van der Waals surface area contributed by atoms with Crippen molar-refractivity contribution in [1.29, 1.82) is 0 Å². The number of nitrogens with two attached hydrogens (primary N) is 1. The van der Waals surface area contributed by atoms with Crippen molar-refractivity contribution in [3.8, 4) is 0 Å². The molecule has 1 rings (SSSR count). The maximum absolute atomic E-state index is 12.4. The molecule has 0 heterocycles. The van der Waals surface area contributed by atoms with E-state index in [1.807, 2.05) is 13.8 Å². The number of hydrogen-bond acceptors (Lipinski definition) is 3. The number of nitrogens with one attached hydrogen (secondary N) is 1. The fourth-order valence-electron chi connectivity index (χ4n) is 2.47. The van der Waals surface area contributed by atoms with Crippen LogP contribution >= 0.6 is 0 Å². The van der Waals surface area contributed by atoms with Crippen LogP contribution < -0.4 is 10.5 Å². The quantitative estimate of drug-likeness (QED) is 0.812. The summed E-state index contributed by atoms with van der Waals surface area (Å²) in [6.07, 6.45) is 1.93. The van der Waals surface area contributed by atoms with Gasteiger partial charge in [-0.05, 0) is 43.0 Å². The second-order valence-corrected chi connectivity index (χ2v) is 6.99. The Balaban J connectivity index is 2.97. The van der Waals surface area contributed by atoms with Gasteiger partial charge >= 0.3 is 0 Å². The molecule has 1 aromatic carbocycles. The van der Waals surface area contributed by atoms with E-state index in [4.69, 9.17) is 5.73 Å². The summed E-state index contributed by atoms with van der Waals surface area (Å²) in [6.45, 7) is 8.39. The Labute approximate surface area is 122 Å². The normalized spacial score (nSPS) is 13.7. The Kier molecular flexibility index (Phi) is 6.17. The van der Waals surface area contributed by atoms with Gasteiger partial charge in [0.1, 0.15) is 0 Å². The number of rotatable bonds is 7. The summed E-state index contributed by atoms with van der Waals surface area (Å²) in [5.41, 5.74) is 7.48. The van der Waals surface area contributed by atoms with E-state index in [2.05, 4.69) is 18.6 Å². The zero-order valence-corrected chi connectivity index (χ0v) is 13.6. The van der Waals surface area contributed by atoms with Crippen LogP contribution in [0.15, 0.2) is 23.1 Å². The Morgan fingerprint density at radius 2 is 1.85 bits per heavy atom. The summed E-state index contributed by atoms with van der Waals surface area (Å²) in [4.78, 5) is 0.310. The van der Waals surface area contributed by atoms with Crippen molar-refractivity contribution >= 4 is 10.0 Å². The van der Waals surface area contributed by atoms with E-state index in [1.165, 1.54) is 0 Å². The molecule has 1 atom stereocenters. The molecule has 0 spiro atoms. The third-order valence-corrected chi connectivity index (χ3v) is 5.50. The minimum Gasteiger partial charge on any atom is -0.326 e. The van der Waals surface area contributed by atoms with Crippen molar-refractivity contribution in [2.24, 2.45) is 11.7 Å². The highest BCUT2D eigenvalue weighted by Gasteiger charge is 2.22. The number of benzene rings is 1. The minimum absolute atomic E-state index is 0.0653. The molecular weight excluding hydrogens is 272 g/mol. The van der Waals surface area contributed by atoms with Gasteiger partial charge < -0.3 is 5.73 Å². The molecular formula is C15H26N2O2S. The van der Waals surface area contributed by atoms with Crippen LogP contribution in [0.5, 0.6) is 0 Å². The van der Waals surface area contributed by atoms with Gasteiger partial charge in [-0.3, -0.25) is 0 Å². The highest BCUT2D eigenvalue weighted by molar-refractivity contribution is 7.89. The van der Waals surface area contributed by atoms with Crippen LogP contribution in [0.2, 0.25) is 0 Å². The molecule has 5 heteroatoms. The van der Waals surface area contributed by atoms with Crippen molar-refractivity contribution < 1.29 is 8.42 Å². The highest BCUT2D eigenvalue weighted by atomic mass is 32.2. The third-order valence-electron chi connectivity index (χ3n) is 3.94. The standard InChI is InChI=1S/C15H26N2O2S/c1-5-13(6-2)12(4)17-20(18,19)15-8-7-14(10-16)11(3)9-15/h7-9,12-13,17H,5-6,10,16H2,1-4H3. The first-order valence-electron chi connectivity index (χ1n) is 7.17. The van der Waals surface area contributed by atoms with Crippen LogP contribution in [0, 0.1) is 12.8 Å². The molecule has 0 aliphatic rings. The van der Waals surface area contributed by atoms with Gasteiger partial charge in [0.15, 0.2) is 0 Å². The Morgan fingerprint density at radius 3 is 2.30 bits per heavy atom. The lowest BCUT2D eigenvalue weighted by molar-refractivity contribution is 0.390. The molecule has 1 aromatic rings. The van der Waals surface area contributed by atoms with Crippen molar-refractivity contribution in [2.75, 3.05) is 0 Å². The van der Waals surface area contributed by atoms with Gasteiger partial charge in [0.2, 0.25) is 10.0 Å². The topological polar surface area (TPSA) is 72.2 Å². The molecule has 0 radical (unpaired) electrons. The fourth-order valence-corrected chi connectivity index (χ4v) is 3.87. The molecule has 114 valence electrons. The maximum atomic E-state index is 12.4. The second-order valence-electron chi connectivity index (χ2n) is 5.28. The first-order valence-corrected chi connectivity index (χ1v) is 8.65. The lowest BCUT2D eigenvalue weighted by Crippen LogP contribution is -2.37. The third kappa shape index (κ3) is 4.04. The average Bonchev–Trinajstić information content (AvgIpc) is 2.39. The molecule has 0 saturated carbocycles. The van der Waals surface area contributed by atoms with Crippen molar-refractivity contribution in [3.63, 3.8) is 0 Å². The molecule has 0 amide bonds. The summed E-state index contributed by atoms with van der Waals surface area (Å²) in [6, 6.07) is 5.02. The molecule has 0 aliphatic carbocycles. The van der Waals surface area contributed by atoms with Crippen LogP contribution in [0.1, 0.15) is 44.7 Å². The first kappa shape index (κ1) is 17.1. The van der Waals surface area contributed by atoms with Crippen LogP contribution in [-0.4, -0.2) is 14.5 Å². The van der Waals surface area contributed by atoms with E-state index in [0.717, 1.165) is 24.0 Å². The number of hydrogen-bond donors (Lipinski definition) is 2. The SMILES string of the molecule is CCC(CC)C(C)NS(=O)(=O)c1ccc(CN)c(C)c1. The van der Waals surface area contributed by atoms with E-state index in [1.54, 1.807) is 18.2 Å². The minimum atomic E-state index is -3.46. The van der Waals surface area contributed by atoms with Gasteiger partial charge in [-0.1, -0.05) is 32.8 Å². The van der Waals surface area contributed by atoms with Gasteiger partial charge in [-0.15, -0.1) is 0 Å². The van der Waals surface area contributed by atoms with E-state index >= 15 is 0 Å². The zero-order valence-electron chi connectivity index (χ0n) is 12.8. The molecule has 1 unspecified atom stereocenters. The Morgan fingerprint density at radius 1 is 1.25 bits per heavy atom. The predicted octanol–water partition coefficient (Wildman–Crippen LogP) is 2.56. The summed E-state index contributed by atoms with van der Waals surface area (Å²) in [5, 5.41) is 0. The van der Waals surface area contributed by atoms with Gasteiger partial charge in [0.25, 0.3) is 0 Å². The summed E-state index contributed by atoms with van der Waals surface area (Å²) in [7, 11) is -3.46. The molecule has 0 saturated heterocycles. The monoisotopic (exact) mass is 298 g/mol. The van der Waals surface area contributed by atoms with Gasteiger partial charge in [0.05, 0.1) is 4.90 Å². The molecule has 0 aliphatic heterocycles. The first-order chi connectivity index (χ1) is 9.35. The Hall–Kier alpha value is -0.910. The molecule has 0 fully saturated rings. The molecule has 0 bridgehead atoms. The zero-order chi connectivity index (χ0) is 15.3. The largest absolute Gasteiger partial charge is 0.326 e. The predicted molar refractivity (Wildman–Crippen MR) is 82.9 cm³/mol. The van der Waals surface area contributed by atoms with Crippen LogP contribution in [-0.2, 0) is 16.6 Å². The summed E-state index contributed by atoms with van der Waals surface area (Å²) >= 11 is 0. The lowest BCUT2D eigenvalue weighted by atomic mass is 9.96. The number of sulfonamides is 1. The van der Waals surface area contributed by atoms with Crippen LogP contribution in [0.25, 0.3) is 0 Å². The molecule has 3 N–H and O–H groups in total. The van der Waals surface area contributed by atoms with Crippen molar-refractivity contribution in [2.45, 2.75) is 58.0 Å². The van der Waals surface area contributed by atoms with Gasteiger partial charge in [-0.25, -0.2) is 13.1 Å². The average molecular weight is 298 g/mol. The highest BCUT2D eigenvalue weighted by Crippen LogP contribution is 2.18. The summed E-state index contributed by atoms with van der Waals surface area (Å²) < 4.78 is 27.6. The van der Waals surface area contributed by atoms with Crippen molar-refractivity contribution in [3.05, 3.63) is 29.3 Å². The molecule has 4 nitrogen and oxygen atoms in total. The van der Waals surface area contributed by atoms with Gasteiger partial charge in [0, 0.05) is 12.6 Å². The molecule has 20 heavy (non-hydrogen) atoms. The summed E-state index contributed by atoms with van der Waals surface area (Å²) in [5.74, 6) is 0.356. The van der Waals surface area contributed by atoms with Crippen LogP contribution in [0.3, 0.4) is 0 Å². The lowest BCUT2D eigenvalue weighted by Gasteiger charge is -2.22.